The first kappa shape index (κ1) is 14.8. The lowest BCUT2D eigenvalue weighted by atomic mass is 10.1. The van der Waals surface area contributed by atoms with Crippen LogP contribution in [0.3, 0.4) is 0 Å². The summed E-state index contributed by atoms with van der Waals surface area (Å²) in [4.78, 5) is 9.39. The Hall–Kier alpha value is -2.14. The number of hydrogen-bond donors (Lipinski definition) is 0. The topological polar surface area (TPSA) is 44.2 Å². The highest BCUT2D eigenvalue weighted by Crippen LogP contribution is 2.33. The fraction of sp³-hybridized carbons (Fsp3) is 0.294. The van der Waals surface area contributed by atoms with Crippen molar-refractivity contribution in [1.82, 2.24) is 9.97 Å². The molecule has 0 N–H and O–H groups in total. The molecule has 1 aromatic carbocycles. The average Bonchev–Trinajstić information content (AvgIpc) is 3.03. The molecule has 3 rings (SSSR count). The zero-order valence-electron chi connectivity index (χ0n) is 13.1. The Kier molecular flexibility index (Phi) is 3.98. The van der Waals surface area contributed by atoms with Gasteiger partial charge in [0, 0.05) is 22.9 Å². The Morgan fingerprint density at radius 2 is 1.86 bits per heavy atom. The van der Waals surface area contributed by atoms with E-state index < -0.39 is 0 Å². The highest BCUT2D eigenvalue weighted by atomic mass is 32.1. The summed E-state index contributed by atoms with van der Waals surface area (Å²) < 4.78 is 10.7. The van der Waals surface area contributed by atoms with Gasteiger partial charge >= 0.3 is 0 Å². The second kappa shape index (κ2) is 5.93. The number of aromatic nitrogens is 2. The Morgan fingerprint density at radius 1 is 1.05 bits per heavy atom. The van der Waals surface area contributed by atoms with Crippen molar-refractivity contribution in [3.05, 3.63) is 35.3 Å². The minimum Gasteiger partial charge on any atom is -0.497 e. The number of fused-ring (bicyclic) bond motifs is 1. The van der Waals surface area contributed by atoms with E-state index in [9.17, 15) is 0 Å². The van der Waals surface area contributed by atoms with Crippen LogP contribution in [-0.4, -0.2) is 24.2 Å². The van der Waals surface area contributed by atoms with Gasteiger partial charge in [-0.15, -0.1) is 11.3 Å². The molecule has 2 aromatic heterocycles. The summed E-state index contributed by atoms with van der Waals surface area (Å²) in [6.45, 7) is 4.28. The number of ether oxygens (including phenoxy) is 2. The maximum absolute atomic E-state index is 5.42. The van der Waals surface area contributed by atoms with Crippen LogP contribution >= 0.6 is 11.3 Å². The van der Waals surface area contributed by atoms with Crippen LogP contribution < -0.4 is 9.47 Å². The van der Waals surface area contributed by atoms with Crippen LogP contribution in [0.5, 0.6) is 11.5 Å². The molecule has 22 heavy (non-hydrogen) atoms. The van der Waals surface area contributed by atoms with E-state index in [1.807, 2.05) is 24.3 Å². The fourth-order valence-corrected chi connectivity index (χ4v) is 3.20. The van der Waals surface area contributed by atoms with Crippen molar-refractivity contribution in [2.75, 3.05) is 14.2 Å². The molecule has 0 spiro atoms. The summed E-state index contributed by atoms with van der Waals surface area (Å²) >= 11 is 1.62. The molecule has 0 aliphatic carbocycles. The molecular weight excluding hydrogens is 296 g/mol. The normalized spacial score (nSPS) is 11.1. The second-order valence-electron chi connectivity index (χ2n) is 5.33. The Balaban J connectivity index is 2.11. The van der Waals surface area contributed by atoms with Gasteiger partial charge in [0.1, 0.15) is 16.5 Å². The molecule has 0 aliphatic heterocycles. The molecule has 0 fully saturated rings. The Bertz CT molecular complexity index is 812. The molecule has 0 amide bonds. The number of benzene rings is 1. The molecule has 5 heteroatoms. The number of nitrogens with zero attached hydrogens (tertiary/aromatic N) is 2. The van der Waals surface area contributed by atoms with Crippen LogP contribution in [0, 0.1) is 0 Å². The lowest BCUT2D eigenvalue weighted by Gasteiger charge is -2.09. The quantitative estimate of drug-likeness (QED) is 0.711. The Labute approximate surface area is 133 Å². The van der Waals surface area contributed by atoms with E-state index in [1.165, 1.54) is 0 Å². The molecule has 0 radical (unpaired) electrons. The van der Waals surface area contributed by atoms with Crippen molar-refractivity contribution in [2.45, 2.75) is 19.8 Å². The van der Waals surface area contributed by atoms with Gasteiger partial charge in [0.15, 0.2) is 0 Å². The minimum atomic E-state index is 0.422. The van der Waals surface area contributed by atoms with E-state index in [1.54, 1.807) is 25.6 Å². The van der Waals surface area contributed by atoms with Crippen LogP contribution in [0.2, 0.25) is 0 Å². The van der Waals surface area contributed by atoms with Crippen molar-refractivity contribution in [3.8, 4) is 22.2 Å². The first-order valence-electron chi connectivity index (χ1n) is 7.11. The maximum atomic E-state index is 5.42. The Morgan fingerprint density at radius 3 is 2.50 bits per heavy atom. The van der Waals surface area contributed by atoms with E-state index in [4.69, 9.17) is 14.5 Å². The zero-order chi connectivity index (χ0) is 15.7. The number of methoxy groups -OCH3 is 2. The predicted molar refractivity (Wildman–Crippen MR) is 90.0 cm³/mol. The molecule has 0 saturated heterocycles. The molecule has 114 valence electrons. The lowest BCUT2D eigenvalue weighted by molar-refractivity contribution is 0.398. The van der Waals surface area contributed by atoms with Gasteiger partial charge in [0.2, 0.25) is 0 Å². The SMILES string of the molecule is COc1cc(OC)c2ccc(-c3nc(C(C)C)cs3)nc2c1. The molecular formula is C17H18N2O2S. The van der Waals surface area contributed by atoms with Crippen molar-refractivity contribution in [3.63, 3.8) is 0 Å². The third-order valence-electron chi connectivity index (χ3n) is 3.53. The molecule has 0 saturated carbocycles. The van der Waals surface area contributed by atoms with Gasteiger partial charge in [-0.25, -0.2) is 9.97 Å². The largest absolute Gasteiger partial charge is 0.497 e. The van der Waals surface area contributed by atoms with Crippen molar-refractivity contribution in [2.24, 2.45) is 0 Å². The van der Waals surface area contributed by atoms with E-state index in [-0.39, 0.29) is 0 Å². The van der Waals surface area contributed by atoms with Crippen molar-refractivity contribution in [1.29, 1.82) is 0 Å². The molecule has 0 unspecified atom stereocenters. The molecule has 4 nitrogen and oxygen atoms in total. The minimum absolute atomic E-state index is 0.422. The summed E-state index contributed by atoms with van der Waals surface area (Å²) in [6, 6.07) is 7.79. The molecule has 0 aliphatic rings. The molecule has 0 bridgehead atoms. The second-order valence-corrected chi connectivity index (χ2v) is 6.18. The van der Waals surface area contributed by atoms with Gasteiger partial charge in [-0.1, -0.05) is 13.8 Å². The van der Waals surface area contributed by atoms with E-state index >= 15 is 0 Å². The summed E-state index contributed by atoms with van der Waals surface area (Å²) in [6.07, 6.45) is 0. The monoisotopic (exact) mass is 314 g/mol. The third-order valence-corrected chi connectivity index (χ3v) is 4.41. The summed E-state index contributed by atoms with van der Waals surface area (Å²) in [5.41, 5.74) is 2.82. The molecule has 0 atom stereocenters. The smallest absolute Gasteiger partial charge is 0.142 e. The first-order valence-corrected chi connectivity index (χ1v) is 7.99. The number of hydrogen-bond acceptors (Lipinski definition) is 5. The van der Waals surface area contributed by atoms with Gasteiger partial charge in [-0.05, 0) is 18.1 Å². The van der Waals surface area contributed by atoms with Crippen LogP contribution in [0.15, 0.2) is 29.6 Å². The van der Waals surface area contributed by atoms with Crippen LogP contribution in [0.4, 0.5) is 0 Å². The van der Waals surface area contributed by atoms with Gasteiger partial charge in [0.25, 0.3) is 0 Å². The van der Waals surface area contributed by atoms with Gasteiger partial charge in [-0.3, -0.25) is 0 Å². The molecule has 3 aromatic rings. The van der Waals surface area contributed by atoms with Gasteiger partial charge in [0.05, 0.1) is 31.1 Å². The molecule has 2 heterocycles. The number of rotatable bonds is 4. The highest BCUT2D eigenvalue weighted by Gasteiger charge is 2.12. The summed E-state index contributed by atoms with van der Waals surface area (Å²) in [7, 11) is 3.29. The fourth-order valence-electron chi connectivity index (χ4n) is 2.25. The van der Waals surface area contributed by atoms with E-state index in [0.29, 0.717) is 5.92 Å². The van der Waals surface area contributed by atoms with E-state index in [2.05, 4.69) is 24.2 Å². The van der Waals surface area contributed by atoms with E-state index in [0.717, 1.165) is 38.8 Å². The third kappa shape index (κ3) is 2.64. The van der Waals surface area contributed by atoms with Crippen molar-refractivity contribution >= 4 is 22.2 Å². The number of pyridine rings is 1. The highest BCUT2D eigenvalue weighted by molar-refractivity contribution is 7.13. The number of thiazole rings is 1. The lowest BCUT2D eigenvalue weighted by Crippen LogP contribution is -1.92. The van der Waals surface area contributed by atoms with Crippen LogP contribution in [-0.2, 0) is 0 Å². The van der Waals surface area contributed by atoms with Crippen LogP contribution in [0.25, 0.3) is 21.6 Å². The summed E-state index contributed by atoms with van der Waals surface area (Å²) in [5.74, 6) is 1.91. The standard InChI is InChI=1S/C17H18N2O2S/c1-10(2)15-9-22-17(19-15)13-6-5-12-14(18-13)7-11(20-3)8-16(12)21-4/h5-10H,1-4H3. The van der Waals surface area contributed by atoms with Crippen LogP contribution in [0.1, 0.15) is 25.5 Å². The maximum Gasteiger partial charge on any atom is 0.142 e. The first-order chi connectivity index (χ1) is 10.6. The van der Waals surface area contributed by atoms with Gasteiger partial charge < -0.3 is 9.47 Å². The predicted octanol–water partition coefficient (Wildman–Crippen LogP) is 4.50. The zero-order valence-corrected chi connectivity index (χ0v) is 13.9. The average molecular weight is 314 g/mol. The van der Waals surface area contributed by atoms with Crippen molar-refractivity contribution < 1.29 is 9.47 Å². The summed E-state index contributed by atoms with van der Waals surface area (Å²) in [5, 5.41) is 4.00. The van der Waals surface area contributed by atoms with Gasteiger partial charge in [-0.2, -0.15) is 0 Å².